The normalized spacial score (nSPS) is 12.4. The van der Waals surface area contributed by atoms with Crippen molar-refractivity contribution >= 4 is 34.7 Å². The lowest BCUT2D eigenvalue weighted by Gasteiger charge is -2.18. The number of hydrogen-bond donors (Lipinski definition) is 1. The summed E-state index contributed by atoms with van der Waals surface area (Å²) in [4.78, 5) is 15.8. The second-order valence-corrected chi connectivity index (χ2v) is 7.46. The molecule has 0 atom stereocenters. The van der Waals surface area contributed by atoms with Crippen molar-refractivity contribution in [2.24, 2.45) is 10.6 Å². The Morgan fingerprint density at radius 2 is 2.00 bits per heavy atom. The molecule has 0 bridgehead atoms. The van der Waals surface area contributed by atoms with Gasteiger partial charge >= 0.3 is 6.09 Å². The lowest BCUT2D eigenvalue weighted by Crippen LogP contribution is -2.18. The van der Waals surface area contributed by atoms with Crippen LogP contribution in [0.3, 0.4) is 0 Å². The zero-order chi connectivity index (χ0) is 14.0. The fourth-order valence-corrected chi connectivity index (χ4v) is 3.02. The number of hydrogen-bond acceptors (Lipinski definition) is 5. The Morgan fingerprint density at radius 1 is 1.33 bits per heavy atom. The third-order valence-corrected chi connectivity index (χ3v) is 3.94. The molecule has 0 saturated heterocycles. The van der Waals surface area contributed by atoms with E-state index in [2.05, 4.69) is 38.2 Å². The number of oxime groups is 1. The van der Waals surface area contributed by atoms with Crippen LogP contribution in [0.1, 0.15) is 34.1 Å². The van der Waals surface area contributed by atoms with Crippen LogP contribution in [0.5, 0.6) is 0 Å². The van der Waals surface area contributed by atoms with Gasteiger partial charge in [0, 0.05) is 25.0 Å². The van der Waals surface area contributed by atoms with Crippen LogP contribution in [0.4, 0.5) is 4.79 Å². The van der Waals surface area contributed by atoms with E-state index in [4.69, 9.17) is 4.84 Å². The summed E-state index contributed by atoms with van der Waals surface area (Å²) >= 11 is 3.57. The molecule has 18 heavy (non-hydrogen) atoms. The Labute approximate surface area is 119 Å². The summed E-state index contributed by atoms with van der Waals surface area (Å²) in [7, 11) is 1.52. The van der Waals surface area contributed by atoms with E-state index in [0.29, 0.717) is 0 Å². The van der Waals surface area contributed by atoms with Crippen LogP contribution in [-0.2, 0) is 4.84 Å². The van der Waals surface area contributed by atoms with Crippen LogP contribution in [0.15, 0.2) is 5.16 Å². The van der Waals surface area contributed by atoms with E-state index in [1.165, 1.54) is 7.05 Å². The first-order chi connectivity index (χ1) is 8.39. The van der Waals surface area contributed by atoms with E-state index in [1.54, 1.807) is 11.8 Å². The monoisotopic (exact) mass is 292 g/mol. The third-order valence-electron chi connectivity index (χ3n) is 1.82. The molecule has 6 heteroatoms. The molecule has 0 aliphatic heterocycles. The summed E-state index contributed by atoms with van der Waals surface area (Å²) in [6, 6.07) is 0. The van der Waals surface area contributed by atoms with Crippen molar-refractivity contribution in [3.63, 3.8) is 0 Å². The second kappa shape index (κ2) is 9.55. The first-order valence-electron chi connectivity index (χ1n) is 6.05. The highest BCUT2D eigenvalue weighted by Crippen LogP contribution is 2.24. The van der Waals surface area contributed by atoms with Gasteiger partial charge in [-0.25, -0.2) is 4.79 Å². The Bertz CT molecular complexity index is 276. The van der Waals surface area contributed by atoms with Gasteiger partial charge in [0.1, 0.15) is 5.04 Å². The Morgan fingerprint density at radius 3 is 2.50 bits per heavy atom. The van der Waals surface area contributed by atoms with Gasteiger partial charge in [0.25, 0.3) is 0 Å². The number of amides is 1. The average molecular weight is 292 g/mol. The molecule has 0 spiro atoms. The highest BCUT2D eigenvalue weighted by atomic mass is 32.2. The molecular formula is C12H24N2O2S2. The summed E-state index contributed by atoms with van der Waals surface area (Å²) in [6.45, 7) is 8.57. The number of carbonyl (C=O) groups is 1. The molecule has 0 fully saturated rings. The van der Waals surface area contributed by atoms with E-state index in [-0.39, 0.29) is 5.41 Å². The van der Waals surface area contributed by atoms with Crippen molar-refractivity contribution in [3.8, 4) is 0 Å². The third kappa shape index (κ3) is 10.8. The molecular weight excluding hydrogens is 268 g/mol. The van der Waals surface area contributed by atoms with Gasteiger partial charge < -0.3 is 5.32 Å². The standard InChI is InChI=1S/C12H24N2O2S2/c1-6-17-7-8-18-10(9-12(2,3)4)14-16-11(15)13-5/h6-9H2,1-5H3,(H,13,15). The van der Waals surface area contributed by atoms with Crippen molar-refractivity contribution in [1.29, 1.82) is 0 Å². The minimum absolute atomic E-state index is 0.135. The van der Waals surface area contributed by atoms with Crippen molar-refractivity contribution < 1.29 is 9.63 Å². The lowest BCUT2D eigenvalue weighted by atomic mass is 9.93. The fourth-order valence-electron chi connectivity index (χ4n) is 1.06. The van der Waals surface area contributed by atoms with Crippen molar-refractivity contribution in [2.45, 2.75) is 34.1 Å². The van der Waals surface area contributed by atoms with Gasteiger partial charge in [-0.15, -0.1) is 11.8 Å². The Balaban J connectivity index is 4.28. The number of rotatable bonds is 6. The van der Waals surface area contributed by atoms with Crippen molar-refractivity contribution in [3.05, 3.63) is 0 Å². The Kier molecular flexibility index (Phi) is 9.36. The lowest BCUT2D eigenvalue weighted by molar-refractivity contribution is 0.153. The van der Waals surface area contributed by atoms with Gasteiger partial charge in [-0.2, -0.15) is 11.8 Å². The molecule has 4 nitrogen and oxygen atoms in total. The maximum absolute atomic E-state index is 11.0. The molecule has 0 saturated carbocycles. The second-order valence-electron chi connectivity index (χ2n) is 4.90. The maximum Gasteiger partial charge on any atom is 0.433 e. The molecule has 0 aromatic carbocycles. The zero-order valence-corrected chi connectivity index (χ0v) is 13.5. The summed E-state index contributed by atoms with van der Waals surface area (Å²) in [6.07, 6.45) is 0.288. The molecule has 0 aromatic heterocycles. The van der Waals surface area contributed by atoms with Crippen LogP contribution in [0, 0.1) is 5.41 Å². The van der Waals surface area contributed by atoms with Gasteiger partial charge in [0.05, 0.1) is 0 Å². The molecule has 0 rings (SSSR count). The summed E-state index contributed by atoms with van der Waals surface area (Å²) in [5.41, 5.74) is 0.135. The van der Waals surface area contributed by atoms with Crippen LogP contribution >= 0.6 is 23.5 Å². The van der Waals surface area contributed by atoms with Gasteiger partial charge in [-0.1, -0.05) is 32.9 Å². The summed E-state index contributed by atoms with van der Waals surface area (Å²) < 4.78 is 0. The van der Waals surface area contributed by atoms with E-state index in [1.807, 2.05) is 11.8 Å². The SMILES string of the molecule is CCSCCSC(CC(C)(C)C)=NOC(=O)NC. The van der Waals surface area contributed by atoms with Gasteiger partial charge in [0.2, 0.25) is 0 Å². The molecule has 0 heterocycles. The topological polar surface area (TPSA) is 50.7 Å². The summed E-state index contributed by atoms with van der Waals surface area (Å²) in [5.74, 6) is 3.20. The van der Waals surface area contributed by atoms with Crippen LogP contribution in [0.2, 0.25) is 0 Å². The van der Waals surface area contributed by atoms with Crippen LogP contribution in [-0.4, -0.2) is 35.4 Å². The molecule has 0 aliphatic rings. The number of nitrogens with zero attached hydrogens (tertiary/aromatic N) is 1. The molecule has 106 valence electrons. The molecule has 0 unspecified atom stereocenters. The van der Waals surface area contributed by atoms with Crippen molar-refractivity contribution in [2.75, 3.05) is 24.3 Å². The number of thioether (sulfide) groups is 2. The fraction of sp³-hybridized carbons (Fsp3) is 0.833. The molecule has 0 aliphatic carbocycles. The average Bonchev–Trinajstić information content (AvgIpc) is 2.29. The molecule has 1 N–H and O–H groups in total. The van der Waals surface area contributed by atoms with Crippen molar-refractivity contribution in [1.82, 2.24) is 5.32 Å². The zero-order valence-electron chi connectivity index (χ0n) is 11.9. The highest BCUT2D eigenvalue weighted by Gasteiger charge is 2.16. The highest BCUT2D eigenvalue weighted by molar-refractivity contribution is 8.14. The predicted molar refractivity (Wildman–Crippen MR) is 82.5 cm³/mol. The van der Waals surface area contributed by atoms with Gasteiger partial charge in [-0.3, -0.25) is 4.84 Å². The van der Waals surface area contributed by atoms with E-state index < -0.39 is 6.09 Å². The quantitative estimate of drug-likeness (QED) is 0.267. The molecule has 1 amide bonds. The van der Waals surface area contributed by atoms with E-state index in [9.17, 15) is 4.79 Å². The Hall–Kier alpha value is -0.360. The number of carbonyl (C=O) groups excluding carboxylic acids is 1. The largest absolute Gasteiger partial charge is 0.433 e. The molecule has 0 aromatic rings. The minimum Gasteiger partial charge on any atom is -0.323 e. The van der Waals surface area contributed by atoms with Gasteiger partial charge in [0.15, 0.2) is 0 Å². The van der Waals surface area contributed by atoms with Gasteiger partial charge in [-0.05, 0) is 11.2 Å². The minimum atomic E-state index is -0.523. The predicted octanol–water partition coefficient (Wildman–Crippen LogP) is 3.58. The summed E-state index contributed by atoms with van der Waals surface area (Å²) in [5, 5.41) is 7.19. The maximum atomic E-state index is 11.0. The first-order valence-corrected chi connectivity index (χ1v) is 8.19. The smallest absolute Gasteiger partial charge is 0.323 e. The first kappa shape index (κ1) is 17.6. The van der Waals surface area contributed by atoms with Crippen LogP contribution < -0.4 is 5.32 Å². The molecule has 0 radical (unpaired) electrons. The number of nitrogens with one attached hydrogen (secondary N) is 1. The van der Waals surface area contributed by atoms with Crippen LogP contribution in [0.25, 0.3) is 0 Å². The van der Waals surface area contributed by atoms with E-state index in [0.717, 1.165) is 28.7 Å². The van der Waals surface area contributed by atoms with E-state index >= 15 is 0 Å².